The Bertz CT molecular complexity index is 807. The van der Waals surface area contributed by atoms with E-state index >= 15 is 0 Å². The molecule has 4 nitrogen and oxygen atoms in total. The average Bonchev–Trinajstić information content (AvgIpc) is 2.58. The van der Waals surface area contributed by atoms with Gasteiger partial charge in [-0.15, -0.1) is 0 Å². The summed E-state index contributed by atoms with van der Waals surface area (Å²) < 4.78 is 5.39. The highest BCUT2D eigenvalue weighted by atomic mass is 16.6. The van der Waals surface area contributed by atoms with Crippen LogP contribution in [0.3, 0.4) is 0 Å². The minimum Gasteiger partial charge on any atom is -0.456 e. The van der Waals surface area contributed by atoms with Gasteiger partial charge in [0.25, 0.3) is 0 Å². The lowest BCUT2D eigenvalue weighted by molar-refractivity contribution is 0.00695. The highest BCUT2D eigenvalue weighted by Crippen LogP contribution is 2.27. The quantitative estimate of drug-likeness (QED) is 0.518. The van der Waals surface area contributed by atoms with Gasteiger partial charge in [0, 0.05) is 29.4 Å². The molecule has 0 aliphatic heterocycles. The van der Waals surface area contributed by atoms with Crippen LogP contribution >= 0.6 is 0 Å². The molecule has 0 saturated carbocycles. The molecule has 0 saturated heterocycles. The van der Waals surface area contributed by atoms with Gasteiger partial charge in [-0.3, -0.25) is 4.79 Å². The normalized spacial score (nSPS) is 11.8. The van der Waals surface area contributed by atoms with E-state index in [1.54, 1.807) is 12.1 Å². The summed E-state index contributed by atoms with van der Waals surface area (Å²) in [6.45, 7) is 11.3. The van der Waals surface area contributed by atoms with Crippen molar-refractivity contribution in [3.05, 3.63) is 59.7 Å². The van der Waals surface area contributed by atoms with E-state index in [9.17, 15) is 9.59 Å². The van der Waals surface area contributed by atoms with Gasteiger partial charge in [-0.2, -0.15) is 0 Å². The van der Waals surface area contributed by atoms with Crippen LogP contribution in [0, 0.1) is 5.41 Å². The van der Waals surface area contributed by atoms with E-state index in [0.717, 1.165) is 11.4 Å². The fourth-order valence-electron chi connectivity index (χ4n) is 2.58. The Morgan fingerprint density at radius 1 is 0.741 bits per heavy atom. The van der Waals surface area contributed by atoms with Crippen molar-refractivity contribution in [2.24, 2.45) is 5.41 Å². The van der Waals surface area contributed by atoms with Gasteiger partial charge in [-0.25, -0.2) is 4.79 Å². The Morgan fingerprint density at radius 3 is 1.52 bits per heavy atom. The van der Waals surface area contributed by atoms with Gasteiger partial charge >= 0.3 is 5.97 Å². The summed E-state index contributed by atoms with van der Waals surface area (Å²) in [5.41, 5.74) is 2.22. The van der Waals surface area contributed by atoms with Crippen LogP contribution in [-0.2, 0) is 4.74 Å². The summed E-state index contributed by atoms with van der Waals surface area (Å²) >= 11 is 0. The molecule has 2 rings (SSSR count). The van der Waals surface area contributed by atoms with Crippen molar-refractivity contribution in [2.75, 3.05) is 11.9 Å². The van der Waals surface area contributed by atoms with Crippen LogP contribution in [0.4, 0.5) is 11.4 Å². The van der Waals surface area contributed by atoms with Crippen molar-refractivity contribution in [1.29, 1.82) is 0 Å². The van der Waals surface area contributed by atoms with Crippen LogP contribution in [0.25, 0.3) is 0 Å². The molecule has 0 unspecified atom stereocenters. The van der Waals surface area contributed by atoms with Crippen molar-refractivity contribution in [3.63, 3.8) is 0 Å². The Balaban J connectivity index is 2.15. The number of carbonyl (C=O) groups is 2. The van der Waals surface area contributed by atoms with E-state index in [4.69, 9.17) is 4.74 Å². The van der Waals surface area contributed by atoms with Crippen molar-refractivity contribution >= 4 is 23.1 Å². The van der Waals surface area contributed by atoms with E-state index in [0.29, 0.717) is 11.1 Å². The molecule has 0 aliphatic carbocycles. The van der Waals surface area contributed by atoms with Crippen LogP contribution < -0.4 is 4.90 Å². The number of hydrogen-bond acceptors (Lipinski definition) is 4. The van der Waals surface area contributed by atoms with Gasteiger partial charge in [-0.05, 0) is 69.3 Å². The van der Waals surface area contributed by atoms with E-state index in [1.165, 1.54) is 0 Å². The van der Waals surface area contributed by atoms with Crippen LogP contribution in [0.15, 0.2) is 48.5 Å². The SMILES string of the molecule is CN(c1ccc(C(=O)OC(C)(C)C)cc1)c1ccc(C(=O)C(C)(C)C)cc1. The maximum absolute atomic E-state index is 12.4. The minimum absolute atomic E-state index is 0.124. The van der Waals surface area contributed by atoms with Crippen LogP contribution in [0.5, 0.6) is 0 Å². The third-order valence-electron chi connectivity index (χ3n) is 4.09. The first-order chi connectivity index (χ1) is 12.4. The molecule has 0 aliphatic rings. The Morgan fingerprint density at radius 2 is 1.15 bits per heavy atom. The van der Waals surface area contributed by atoms with Gasteiger partial charge in [-0.1, -0.05) is 20.8 Å². The molecule has 0 fully saturated rings. The maximum atomic E-state index is 12.4. The second-order valence-corrected chi connectivity index (χ2v) is 8.73. The molecular weight excluding hydrogens is 338 g/mol. The van der Waals surface area contributed by atoms with Gasteiger partial charge in [0.15, 0.2) is 5.78 Å². The molecule has 0 atom stereocenters. The van der Waals surface area contributed by atoms with Crippen LogP contribution in [0.2, 0.25) is 0 Å². The van der Waals surface area contributed by atoms with Crippen molar-refractivity contribution in [2.45, 2.75) is 47.1 Å². The predicted octanol–water partition coefficient (Wildman–Crippen LogP) is 5.64. The molecule has 0 N–H and O–H groups in total. The number of benzene rings is 2. The zero-order valence-electron chi connectivity index (χ0n) is 17.3. The Labute approximate surface area is 162 Å². The van der Waals surface area contributed by atoms with Gasteiger partial charge < -0.3 is 9.64 Å². The first-order valence-electron chi connectivity index (χ1n) is 9.10. The lowest BCUT2D eigenvalue weighted by atomic mass is 9.86. The second-order valence-electron chi connectivity index (χ2n) is 8.73. The number of esters is 1. The zero-order chi connectivity index (χ0) is 20.4. The molecule has 0 spiro atoms. The Kier molecular flexibility index (Phi) is 5.79. The lowest BCUT2D eigenvalue weighted by Crippen LogP contribution is -2.23. The maximum Gasteiger partial charge on any atom is 0.338 e. The smallest absolute Gasteiger partial charge is 0.338 e. The molecule has 0 bridgehead atoms. The number of Topliss-reactive ketones (excluding diaryl/α,β-unsaturated/α-hetero) is 1. The van der Waals surface area contributed by atoms with E-state index < -0.39 is 11.0 Å². The molecule has 2 aromatic rings. The summed E-state index contributed by atoms with van der Waals surface area (Å²) in [6, 6.07) is 14.9. The first kappa shape index (κ1) is 20.7. The van der Waals surface area contributed by atoms with Crippen LogP contribution in [0.1, 0.15) is 62.3 Å². The van der Waals surface area contributed by atoms with Crippen LogP contribution in [-0.4, -0.2) is 24.4 Å². The van der Waals surface area contributed by atoms with E-state index in [-0.39, 0.29) is 11.8 Å². The fourth-order valence-corrected chi connectivity index (χ4v) is 2.58. The molecule has 4 heteroatoms. The fraction of sp³-hybridized carbons (Fsp3) is 0.391. The summed E-state index contributed by atoms with van der Waals surface area (Å²) in [5, 5.41) is 0. The highest BCUT2D eigenvalue weighted by molar-refractivity contribution is 6.00. The number of anilines is 2. The molecule has 0 aromatic heterocycles. The van der Waals surface area contributed by atoms with Gasteiger partial charge in [0.2, 0.25) is 0 Å². The molecule has 0 radical (unpaired) electrons. The van der Waals surface area contributed by atoms with Gasteiger partial charge in [0.05, 0.1) is 5.56 Å². The van der Waals surface area contributed by atoms with Gasteiger partial charge in [0.1, 0.15) is 5.60 Å². The first-order valence-corrected chi connectivity index (χ1v) is 9.10. The standard InChI is InChI=1S/C23H29NO3/c1-22(2,3)20(25)16-8-12-18(13-9-16)24(7)19-14-10-17(11-15-19)21(26)27-23(4,5)6/h8-15H,1-7H3. The number of carbonyl (C=O) groups excluding carboxylic acids is 2. The molecule has 0 amide bonds. The largest absolute Gasteiger partial charge is 0.456 e. The molecule has 0 heterocycles. The van der Waals surface area contributed by atoms with E-state index in [1.807, 2.05) is 89.9 Å². The second kappa shape index (κ2) is 7.55. The number of ketones is 1. The number of hydrogen-bond donors (Lipinski definition) is 0. The number of rotatable bonds is 4. The average molecular weight is 367 g/mol. The predicted molar refractivity (Wildman–Crippen MR) is 110 cm³/mol. The third-order valence-corrected chi connectivity index (χ3v) is 4.09. The Hall–Kier alpha value is -2.62. The highest BCUT2D eigenvalue weighted by Gasteiger charge is 2.23. The molecule has 144 valence electrons. The van der Waals surface area contributed by atoms with Crippen molar-refractivity contribution in [3.8, 4) is 0 Å². The lowest BCUT2D eigenvalue weighted by Gasteiger charge is -2.22. The number of ether oxygens (including phenoxy) is 1. The summed E-state index contributed by atoms with van der Waals surface area (Å²) in [4.78, 5) is 26.5. The van der Waals surface area contributed by atoms with E-state index in [2.05, 4.69) is 0 Å². The third kappa shape index (κ3) is 5.43. The zero-order valence-corrected chi connectivity index (χ0v) is 17.3. The van der Waals surface area contributed by atoms with Crippen molar-refractivity contribution in [1.82, 2.24) is 0 Å². The summed E-state index contributed by atoms with van der Waals surface area (Å²) in [7, 11) is 1.95. The number of nitrogens with zero attached hydrogens (tertiary/aromatic N) is 1. The summed E-state index contributed by atoms with van der Waals surface area (Å²) in [5.74, 6) is -0.208. The van der Waals surface area contributed by atoms with Crippen molar-refractivity contribution < 1.29 is 14.3 Å². The molecular formula is C23H29NO3. The minimum atomic E-state index is -0.515. The molecule has 2 aromatic carbocycles. The monoisotopic (exact) mass is 367 g/mol. The molecule has 27 heavy (non-hydrogen) atoms. The summed E-state index contributed by atoms with van der Waals surface area (Å²) in [6.07, 6.45) is 0. The topological polar surface area (TPSA) is 46.6 Å².